The van der Waals surface area contributed by atoms with Gasteiger partial charge < -0.3 is 24.8 Å². The Morgan fingerprint density at radius 1 is 0.658 bits per heavy atom. The molecule has 38 heavy (non-hydrogen) atoms. The van der Waals surface area contributed by atoms with E-state index in [1.165, 1.54) is 103 Å². The quantitative estimate of drug-likeness (QED) is 0.101. The Morgan fingerprint density at radius 2 is 1.03 bits per heavy atom. The molecule has 0 aromatic rings. The van der Waals surface area contributed by atoms with Gasteiger partial charge in [0.25, 0.3) is 0 Å². The predicted octanol–water partition coefficient (Wildman–Crippen LogP) is 6.53. The molecule has 2 unspecified atom stereocenters. The highest BCUT2D eigenvalue weighted by molar-refractivity contribution is 5.78. The lowest BCUT2D eigenvalue weighted by molar-refractivity contribution is -0.890. The second-order valence-electron chi connectivity index (χ2n) is 11.9. The molecule has 0 spiro atoms. The van der Waals surface area contributed by atoms with Gasteiger partial charge in [0.2, 0.25) is 5.91 Å². The highest BCUT2D eigenvalue weighted by atomic mass is 16.4. The summed E-state index contributed by atoms with van der Waals surface area (Å²) in [5.74, 6) is -1.16. The van der Waals surface area contributed by atoms with Crippen LogP contribution in [-0.2, 0) is 9.59 Å². The number of hydrogen-bond acceptors (Lipinski definition) is 4. The number of carbonyl (C=O) groups excluding carboxylic acids is 2. The third kappa shape index (κ3) is 25.2. The molecule has 6 nitrogen and oxygen atoms in total. The van der Waals surface area contributed by atoms with E-state index in [9.17, 15) is 14.7 Å². The number of amides is 1. The second-order valence-corrected chi connectivity index (χ2v) is 11.9. The van der Waals surface area contributed by atoms with Crippen LogP contribution >= 0.6 is 0 Å². The molecule has 2 N–H and O–H groups in total. The van der Waals surface area contributed by atoms with Crippen molar-refractivity contribution in [3.8, 4) is 0 Å². The third-order valence-electron chi connectivity index (χ3n) is 7.26. The van der Waals surface area contributed by atoms with Gasteiger partial charge in [0.15, 0.2) is 0 Å². The number of aliphatic carboxylic acids is 1. The first-order valence-corrected chi connectivity index (χ1v) is 16.1. The van der Waals surface area contributed by atoms with Crippen molar-refractivity contribution in [2.45, 2.75) is 168 Å². The van der Waals surface area contributed by atoms with Gasteiger partial charge in [-0.3, -0.25) is 4.79 Å². The van der Waals surface area contributed by atoms with Crippen LogP contribution < -0.4 is 10.4 Å². The maximum absolute atomic E-state index is 12.1. The van der Waals surface area contributed by atoms with Crippen molar-refractivity contribution in [3.63, 3.8) is 0 Å². The second kappa shape index (κ2) is 27.4. The van der Waals surface area contributed by atoms with Crippen molar-refractivity contribution in [1.82, 2.24) is 5.32 Å². The van der Waals surface area contributed by atoms with E-state index in [2.05, 4.69) is 19.2 Å². The van der Waals surface area contributed by atoms with Crippen LogP contribution in [-0.4, -0.2) is 61.3 Å². The largest absolute Gasteiger partial charge is 0.544 e. The van der Waals surface area contributed by atoms with Crippen LogP contribution in [0.5, 0.6) is 0 Å². The molecular weight excluding hydrogens is 476 g/mol. The van der Waals surface area contributed by atoms with Gasteiger partial charge in [0, 0.05) is 13.0 Å². The summed E-state index contributed by atoms with van der Waals surface area (Å²) in [6.07, 6.45) is 25.3. The van der Waals surface area contributed by atoms with Gasteiger partial charge in [-0.15, -0.1) is 0 Å². The monoisotopic (exact) mass is 543 g/mol. The van der Waals surface area contributed by atoms with E-state index in [0.29, 0.717) is 19.4 Å². The highest BCUT2D eigenvalue weighted by Gasteiger charge is 2.33. The lowest BCUT2D eigenvalue weighted by atomic mass is 10.0. The summed E-state index contributed by atoms with van der Waals surface area (Å²) in [6, 6.07) is -1.13. The highest BCUT2D eigenvalue weighted by Crippen LogP contribution is 2.13. The molecule has 0 radical (unpaired) electrons. The topological polar surface area (TPSA) is 89.5 Å². The third-order valence-corrected chi connectivity index (χ3v) is 7.26. The molecule has 1 amide bonds. The number of rotatable bonds is 25. The Kier molecular flexibility index (Phi) is 28.2. The van der Waals surface area contributed by atoms with Crippen LogP contribution in [0.3, 0.4) is 0 Å². The Labute approximate surface area is 236 Å². The number of carboxylic acid groups (broad SMARTS) is 1. The van der Waals surface area contributed by atoms with Gasteiger partial charge in [0.1, 0.15) is 12.0 Å². The first kappa shape index (κ1) is 39.0. The van der Waals surface area contributed by atoms with Crippen LogP contribution in [0.1, 0.15) is 156 Å². The zero-order valence-electron chi connectivity index (χ0n) is 26.3. The van der Waals surface area contributed by atoms with Gasteiger partial charge in [0.05, 0.1) is 27.2 Å². The first-order valence-electron chi connectivity index (χ1n) is 16.1. The number of nitrogens with zero attached hydrogens (tertiary/aromatic N) is 1. The van der Waals surface area contributed by atoms with Crippen LogP contribution in [0.2, 0.25) is 0 Å². The van der Waals surface area contributed by atoms with Crippen LogP contribution in [0.4, 0.5) is 0 Å². The maximum atomic E-state index is 12.1. The van der Waals surface area contributed by atoms with Crippen LogP contribution in [0.15, 0.2) is 0 Å². The van der Waals surface area contributed by atoms with E-state index >= 15 is 0 Å². The molecule has 0 bridgehead atoms. The summed E-state index contributed by atoms with van der Waals surface area (Å²) in [5, 5.41) is 22.9. The molecule has 0 fully saturated rings. The molecule has 0 aromatic carbocycles. The molecule has 0 aromatic heterocycles. The van der Waals surface area contributed by atoms with Crippen molar-refractivity contribution in [2.75, 3.05) is 27.7 Å². The number of carbonyl (C=O) groups is 2. The number of quaternary nitrogens is 1. The summed E-state index contributed by atoms with van der Waals surface area (Å²) >= 11 is 0. The lowest BCUT2D eigenvalue weighted by Crippen LogP contribution is -2.64. The Balaban J connectivity index is 0. The van der Waals surface area contributed by atoms with Crippen molar-refractivity contribution < 1.29 is 24.3 Å². The number of nitrogens with one attached hydrogen (secondary N) is 1. The number of aliphatic hydroxyl groups is 1. The average Bonchev–Trinajstić information content (AvgIpc) is 2.85. The molecule has 0 rings (SSSR count). The van der Waals surface area contributed by atoms with Crippen molar-refractivity contribution in [2.24, 2.45) is 0 Å². The molecule has 228 valence electrons. The van der Waals surface area contributed by atoms with Crippen molar-refractivity contribution >= 4 is 11.9 Å². The first-order chi connectivity index (χ1) is 18.1. The lowest BCUT2D eigenvalue weighted by Gasteiger charge is -2.39. The number of unbranched alkanes of at least 4 members (excludes halogenated alkanes) is 17. The SMILES string of the molecule is CCCCCCCCCCCC(=O)NC(CC)C(C(=O)[O-])[N+](C)(C)C.CCCCCCCCCCCCO. The molecule has 0 heterocycles. The number of carboxylic acids is 1. The minimum absolute atomic E-state index is 0.0468. The zero-order chi connectivity index (χ0) is 29.1. The normalized spacial score (nSPS) is 12.9. The summed E-state index contributed by atoms with van der Waals surface area (Å²) < 4.78 is 0.235. The number of hydrogen-bond donors (Lipinski definition) is 2. The zero-order valence-corrected chi connectivity index (χ0v) is 26.3. The Bertz CT molecular complexity index is 524. The molecule has 0 saturated carbocycles. The molecule has 0 aliphatic carbocycles. The predicted molar refractivity (Wildman–Crippen MR) is 160 cm³/mol. The van der Waals surface area contributed by atoms with Gasteiger partial charge in [-0.2, -0.15) is 0 Å². The van der Waals surface area contributed by atoms with Crippen LogP contribution in [0, 0.1) is 0 Å². The summed E-state index contributed by atoms with van der Waals surface area (Å²) in [6.45, 7) is 6.75. The van der Waals surface area contributed by atoms with Gasteiger partial charge in [-0.05, 0) is 19.3 Å². The van der Waals surface area contributed by atoms with E-state index in [1.54, 1.807) is 0 Å². The number of likely N-dealkylation sites (N-methyl/N-ethyl adjacent to an activating group) is 1. The van der Waals surface area contributed by atoms with E-state index in [1.807, 2.05) is 28.1 Å². The molecule has 2 atom stereocenters. The molecule has 6 heteroatoms. The van der Waals surface area contributed by atoms with Crippen molar-refractivity contribution in [1.29, 1.82) is 0 Å². The Morgan fingerprint density at radius 3 is 1.34 bits per heavy atom. The van der Waals surface area contributed by atoms with E-state index in [4.69, 9.17) is 5.11 Å². The average molecular weight is 543 g/mol. The van der Waals surface area contributed by atoms with E-state index in [-0.39, 0.29) is 10.4 Å². The smallest absolute Gasteiger partial charge is 0.220 e. The molecular formula is C32H66N2O4. The fraction of sp³-hybridized carbons (Fsp3) is 0.938. The fourth-order valence-corrected chi connectivity index (χ4v) is 4.90. The van der Waals surface area contributed by atoms with Gasteiger partial charge >= 0.3 is 0 Å². The van der Waals surface area contributed by atoms with Gasteiger partial charge in [-0.25, -0.2) is 0 Å². The summed E-state index contributed by atoms with van der Waals surface area (Å²) in [5.41, 5.74) is 0. The molecule has 0 aliphatic heterocycles. The summed E-state index contributed by atoms with van der Waals surface area (Å²) in [7, 11) is 5.45. The molecule has 0 aliphatic rings. The fourth-order valence-electron chi connectivity index (χ4n) is 4.90. The standard InChI is InChI=1S/C20H40N2O3.C12H26O/c1-6-8-9-10-11-12-13-14-15-16-18(23)21-17(7-2)19(20(24)25)22(3,4)5;1-2-3-4-5-6-7-8-9-10-11-12-13/h17,19H,6-16H2,1-5H3,(H-,21,23,24,25);13H,2-12H2,1H3. The Hall–Kier alpha value is -1.14. The number of aliphatic hydroxyl groups excluding tert-OH is 1. The van der Waals surface area contributed by atoms with E-state index < -0.39 is 18.1 Å². The summed E-state index contributed by atoms with van der Waals surface area (Å²) in [4.78, 5) is 23.6. The van der Waals surface area contributed by atoms with Crippen LogP contribution in [0.25, 0.3) is 0 Å². The van der Waals surface area contributed by atoms with E-state index in [0.717, 1.165) is 19.3 Å². The minimum atomic E-state index is -1.11. The van der Waals surface area contributed by atoms with Crippen molar-refractivity contribution in [3.05, 3.63) is 0 Å². The maximum Gasteiger partial charge on any atom is 0.220 e. The van der Waals surface area contributed by atoms with Gasteiger partial charge in [-0.1, -0.05) is 130 Å². The molecule has 0 saturated heterocycles. The minimum Gasteiger partial charge on any atom is -0.544 e.